The van der Waals surface area contributed by atoms with Crippen molar-refractivity contribution < 1.29 is 13.6 Å². The van der Waals surface area contributed by atoms with Gasteiger partial charge in [-0.3, -0.25) is 4.79 Å². The lowest BCUT2D eigenvalue weighted by atomic mass is 10.3. The molecule has 0 aliphatic carbocycles. The number of amides is 1. The van der Waals surface area contributed by atoms with Crippen LogP contribution in [-0.2, 0) is 11.3 Å². The molecule has 2 aromatic carbocycles. The molecule has 8 nitrogen and oxygen atoms in total. The molecule has 29 heavy (non-hydrogen) atoms. The van der Waals surface area contributed by atoms with Crippen molar-refractivity contribution in [2.45, 2.75) is 6.54 Å². The standard InChI is InChI=1S/C19H14F2N6O2/c20-12-4-6-14(7-5-12)22-16-8-9-26-18(24-16)25-27(19(26)29)11-17(28)23-15-3-1-2-13(21)10-15/h1-10H,11H2,(H,23,28)(H,22,24,25). The normalized spacial score (nSPS) is 10.8. The Balaban J connectivity index is 1.53. The zero-order valence-corrected chi connectivity index (χ0v) is 14.8. The van der Waals surface area contributed by atoms with Crippen molar-refractivity contribution in [2.24, 2.45) is 0 Å². The number of halogens is 2. The van der Waals surface area contributed by atoms with E-state index in [9.17, 15) is 18.4 Å². The molecule has 2 N–H and O–H groups in total. The lowest BCUT2D eigenvalue weighted by Gasteiger charge is -2.04. The number of benzene rings is 2. The molecule has 0 saturated carbocycles. The fraction of sp³-hybridized carbons (Fsp3) is 0.0526. The molecule has 0 aliphatic rings. The van der Waals surface area contributed by atoms with Gasteiger partial charge < -0.3 is 10.6 Å². The van der Waals surface area contributed by atoms with E-state index in [1.807, 2.05) is 0 Å². The van der Waals surface area contributed by atoms with Crippen LogP contribution in [0.3, 0.4) is 0 Å². The Labute approximate surface area is 162 Å². The first-order valence-electron chi connectivity index (χ1n) is 8.52. The SMILES string of the molecule is O=C(Cn1nc2nc(Nc3ccc(F)cc3)ccn2c1=O)Nc1cccc(F)c1. The summed E-state index contributed by atoms with van der Waals surface area (Å²) in [7, 11) is 0. The van der Waals surface area contributed by atoms with Gasteiger partial charge in [0.05, 0.1) is 0 Å². The number of nitrogens with one attached hydrogen (secondary N) is 2. The minimum Gasteiger partial charge on any atom is -0.340 e. The number of carbonyl (C=O) groups is 1. The number of carbonyl (C=O) groups excluding carboxylic acids is 1. The highest BCUT2D eigenvalue weighted by molar-refractivity contribution is 5.90. The maximum Gasteiger partial charge on any atom is 0.352 e. The Bertz CT molecular complexity index is 1250. The van der Waals surface area contributed by atoms with E-state index in [0.717, 1.165) is 4.68 Å². The molecule has 0 fully saturated rings. The first kappa shape index (κ1) is 18.3. The summed E-state index contributed by atoms with van der Waals surface area (Å²) in [6.45, 7) is -0.362. The van der Waals surface area contributed by atoms with E-state index in [4.69, 9.17) is 0 Å². The van der Waals surface area contributed by atoms with Crippen LogP contribution in [-0.4, -0.2) is 25.1 Å². The van der Waals surface area contributed by atoms with Crippen molar-refractivity contribution in [1.82, 2.24) is 19.2 Å². The quantitative estimate of drug-likeness (QED) is 0.541. The molecule has 10 heteroatoms. The van der Waals surface area contributed by atoms with Gasteiger partial charge >= 0.3 is 5.69 Å². The lowest BCUT2D eigenvalue weighted by Crippen LogP contribution is -2.28. The molecule has 0 aliphatic heterocycles. The average Bonchev–Trinajstić information content (AvgIpc) is 2.98. The summed E-state index contributed by atoms with van der Waals surface area (Å²) in [4.78, 5) is 28.8. The second kappa shape index (κ2) is 7.50. The smallest absolute Gasteiger partial charge is 0.340 e. The van der Waals surface area contributed by atoms with E-state index < -0.39 is 17.4 Å². The molecule has 1 amide bonds. The van der Waals surface area contributed by atoms with Crippen LogP contribution < -0.4 is 16.3 Å². The van der Waals surface area contributed by atoms with Crippen LogP contribution in [0.4, 0.5) is 26.0 Å². The maximum absolute atomic E-state index is 13.2. The Morgan fingerprint density at radius 3 is 2.55 bits per heavy atom. The zero-order valence-electron chi connectivity index (χ0n) is 14.8. The molecule has 0 atom stereocenters. The molecule has 4 aromatic rings. The molecule has 2 heterocycles. The number of hydrogen-bond acceptors (Lipinski definition) is 5. The molecular weight excluding hydrogens is 382 g/mol. The van der Waals surface area contributed by atoms with Gasteiger partial charge in [-0.15, -0.1) is 5.10 Å². The molecule has 4 rings (SSSR count). The molecule has 0 spiro atoms. The zero-order chi connectivity index (χ0) is 20.4. The van der Waals surface area contributed by atoms with E-state index >= 15 is 0 Å². The second-order valence-electron chi connectivity index (χ2n) is 6.11. The molecule has 0 unspecified atom stereocenters. The largest absolute Gasteiger partial charge is 0.352 e. The van der Waals surface area contributed by atoms with Gasteiger partial charge in [0, 0.05) is 17.6 Å². The molecule has 0 saturated heterocycles. The highest BCUT2D eigenvalue weighted by atomic mass is 19.1. The topological polar surface area (TPSA) is 93.3 Å². The monoisotopic (exact) mass is 396 g/mol. The summed E-state index contributed by atoms with van der Waals surface area (Å²) in [5.74, 6) is -0.907. The minimum atomic E-state index is -0.546. The van der Waals surface area contributed by atoms with Crippen LogP contribution in [0, 0.1) is 11.6 Å². The average molecular weight is 396 g/mol. The summed E-state index contributed by atoms with van der Waals surface area (Å²) in [5.41, 5.74) is 0.338. The van der Waals surface area contributed by atoms with Crippen LogP contribution in [0.5, 0.6) is 0 Å². The summed E-state index contributed by atoms with van der Waals surface area (Å²) in [6.07, 6.45) is 1.46. The number of aromatic nitrogens is 4. The van der Waals surface area contributed by atoms with Crippen LogP contribution in [0.25, 0.3) is 5.78 Å². The van der Waals surface area contributed by atoms with Gasteiger partial charge in [0.2, 0.25) is 5.91 Å². The third kappa shape index (κ3) is 4.10. The summed E-state index contributed by atoms with van der Waals surface area (Å²) in [6, 6.07) is 12.7. The molecule has 2 aromatic heterocycles. The van der Waals surface area contributed by atoms with Crippen molar-refractivity contribution in [3.63, 3.8) is 0 Å². The number of anilines is 3. The highest BCUT2D eigenvalue weighted by Crippen LogP contribution is 2.15. The number of rotatable bonds is 5. The van der Waals surface area contributed by atoms with Gasteiger partial charge in [-0.05, 0) is 48.5 Å². The van der Waals surface area contributed by atoms with Gasteiger partial charge in [-0.25, -0.2) is 22.7 Å². The Morgan fingerprint density at radius 2 is 1.79 bits per heavy atom. The Hall–Kier alpha value is -4.08. The predicted octanol–water partition coefficient (Wildman–Crippen LogP) is 2.55. The summed E-state index contributed by atoms with van der Waals surface area (Å²) in [5, 5.41) is 9.52. The van der Waals surface area contributed by atoms with Crippen LogP contribution in [0.2, 0.25) is 0 Å². The Morgan fingerprint density at radius 1 is 1.00 bits per heavy atom. The van der Waals surface area contributed by atoms with E-state index in [1.165, 1.54) is 47.0 Å². The third-order valence-electron chi connectivity index (χ3n) is 3.97. The Kier molecular flexibility index (Phi) is 4.73. The van der Waals surface area contributed by atoms with Crippen molar-refractivity contribution >= 4 is 28.9 Å². The van der Waals surface area contributed by atoms with Gasteiger partial charge in [0.15, 0.2) is 0 Å². The lowest BCUT2D eigenvalue weighted by molar-refractivity contribution is -0.117. The molecule has 0 bridgehead atoms. The van der Waals surface area contributed by atoms with Crippen LogP contribution in [0.1, 0.15) is 0 Å². The second-order valence-corrected chi connectivity index (χ2v) is 6.11. The number of hydrogen-bond donors (Lipinski definition) is 2. The van der Waals surface area contributed by atoms with Gasteiger partial charge in [-0.2, -0.15) is 4.98 Å². The number of fused-ring (bicyclic) bond motifs is 1. The van der Waals surface area contributed by atoms with E-state index in [2.05, 4.69) is 20.7 Å². The summed E-state index contributed by atoms with van der Waals surface area (Å²) < 4.78 is 28.3. The van der Waals surface area contributed by atoms with Crippen molar-refractivity contribution in [1.29, 1.82) is 0 Å². The van der Waals surface area contributed by atoms with E-state index in [1.54, 1.807) is 18.2 Å². The summed E-state index contributed by atoms with van der Waals surface area (Å²) >= 11 is 0. The van der Waals surface area contributed by atoms with Crippen LogP contribution in [0.15, 0.2) is 65.6 Å². The highest BCUT2D eigenvalue weighted by Gasteiger charge is 2.13. The number of nitrogens with zero attached hydrogens (tertiary/aromatic N) is 4. The van der Waals surface area contributed by atoms with E-state index in [-0.39, 0.29) is 23.8 Å². The van der Waals surface area contributed by atoms with Crippen molar-refractivity contribution in [3.05, 3.63) is 82.9 Å². The third-order valence-corrected chi connectivity index (χ3v) is 3.97. The first-order chi connectivity index (χ1) is 14.0. The van der Waals surface area contributed by atoms with Crippen molar-refractivity contribution in [3.8, 4) is 0 Å². The van der Waals surface area contributed by atoms with Gasteiger partial charge in [-0.1, -0.05) is 6.07 Å². The molecule has 146 valence electrons. The predicted molar refractivity (Wildman–Crippen MR) is 102 cm³/mol. The van der Waals surface area contributed by atoms with Gasteiger partial charge in [0.25, 0.3) is 5.78 Å². The van der Waals surface area contributed by atoms with Gasteiger partial charge in [0.1, 0.15) is 24.0 Å². The fourth-order valence-electron chi connectivity index (χ4n) is 2.66. The molecule has 0 radical (unpaired) electrons. The molecular formula is C19H14F2N6O2. The fourth-order valence-corrected chi connectivity index (χ4v) is 2.66. The maximum atomic E-state index is 13.2. The van der Waals surface area contributed by atoms with Crippen molar-refractivity contribution in [2.75, 3.05) is 10.6 Å². The van der Waals surface area contributed by atoms with E-state index in [0.29, 0.717) is 11.5 Å². The minimum absolute atomic E-state index is 0.0840. The first-order valence-corrected chi connectivity index (χ1v) is 8.52. The van der Waals surface area contributed by atoms with Crippen LogP contribution >= 0.6 is 0 Å².